The zero-order valence-electron chi connectivity index (χ0n) is 15.2. The third kappa shape index (κ3) is 2.97. The molecule has 0 spiro atoms. The Hall–Kier alpha value is -2.48. The van der Waals surface area contributed by atoms with Crippen LogP contribution in [0.2, 0.25) is 0 Å². The monoisotopic (exact) mass is 375 g/mol. The summed E-state index contributed by atoms with van der Waals surface area (Å²) in [6.45, 7) is 5.98. The third-order valence-corrected chi connectivity index (χ3v) is 5.66. The molecule has 1 aromatic rings. The molecule has 144 valence electrons. The number of amides is 1. The van der Waals surface area contributed by atoms with Gasteiger partial charge in [-0.25, -0.2) is 4.39 Å². The molecule has 0 aromatic heterocycles. The maximum Gasteiger partial charge on any atom is 0.324 e. The Morgan fingerprint density at radius 2 is 1.81 bits per heavy atom. The minimum absolute atomic E-state index is 0.0117. The van der Waals surface area contributed by atoms with E-state index in [9.17, 15) is 23.9 Å². The summed E-state index contributed by atoms with van der Waals surface area (Å²) in [6.07, 6.45) is 1.52. The molecule has 1 N–H and O–H groups in total. The molecule has 2 aliphatic heterocycles. The third-order valence-electron chi connectivity index (χ3n) is 5.66. The Balaban J connectivity index is 1.74. The summed E-state index contributed by atoms with van der Waals surface area (Å²) in [6, 6.07) is 2.55. The van der Waals surface area contributed by atoms with Crippen LogP contribution in [0.15, 0.2) is 12.1 Å². The van der Waals surface area contributed by atoms with Gasteiger partial charge >= 0.3 is 5.97 Å². The summed E-state index contributed by atoms with van der Waals surface area (Å²) < 4.78 is 14.8. The van der Waals surface area contributed by atoms with E-state index in [-0.39, 0.29) is 11.6 Å². The van der Waals surface area contributed by atoms with Crippen molar-refractivity contribution in [1.29, 1.82) is 0 Å². The first-order valence-electron chi connectivity index (χ1n) is 9.33. The van der Waals surface area contributed by atoms with Gasteiger partial charge in [-0.1, -0.05) is 6.92 Å². The number of carbonyl (C=O) groups is 3. The molecule has 1 saturated heterocycles. The first kappa shape index (κ1) is 17.9. The number of nitrogens with zero attached hydrogens (tertiary/aromatic N) is 3. The van der Waals surface area contributed by atoms with E-state index >= 15 is 0 Å². The van der Waals surface area contributed by atoms with Crippen molar-refractivity contribution < 1.29 is 23.9 Å². The molecule has 0 bridgehead atoms. The summed E-state index contributed by atoms with van der Waals surface area (Å²) in [5.41, 5.74) is 0.700. The number of aliphatic carboxylic acids is 1. The Morgan fingerprint density at radius 1 is 1.15 bits per heavy atom. The molecule has 1 aromatic carbocycles. The van der Waals surface area contributed by atoms with Crippen LogP contribution in [0.4, 0.5) is 15.8 Å². The van der Waals surface area contributed by atoms with E-state index in [1.54, 1.807) is 6.07 Å². The first-order chi connectivity index (χ1) is 12.9. The second-order valence-electron chi connectivity index (χ2n) is 7.32. The van der Waals surface area contributed by atoms with Crippen LogP contribution in [0.25, 0.3) is 0 Å². The lowest BCUT2D eigenvalue weighted by molar-refractivity contribution is -0.144. The normalized spacial score (nSPS) is 23.6. The van der Waals surface area contributed by atoms with Crippen molar-refractivity contribution in [3.63, 3.8) is 0 Å². The van der Waals surface area contributed by atoms with Crippen LogP contribution in [0.3, 0.4) is 0 Å². The number of anilines is 2. The van der Waals surface area contributed by atoms with E-state index in [1.165, 1.54) is 4.90 Å². The van der Waals surface area contributed by atoms with Crippen LogP contribution in [0, 0.1) is 11.7 Å². The topological polar surface area (TPSA) is 81.2 Å². The number of carbonyl (C=O) groups excluding carboxylic acids is 2. The Morgan fingerprint density at radius 3 is 2.37 bits per heavy atom. The number of hydrogen-bond donors (Lipinski definition) is 1. The smallest absolute Gasteiger partial charge is 0.324 e. The number of fused-ring (bicyclic) bond motifs is 1. The van der Waals surface area contributed by atoms with Gasteiger partial charge in [-0.15, -0.1) is 0 Å². The number of ketones is 1. The van der Waals surface area contributed by atoms with Gasteiger partial charge in [0.05, 0.1) is 11.4 Å². The Kier molecular flexibility index (Phi) is 4.38. The van der Waals surface area contributed by atoms with E-state index in [4.69, 9.17) is 0 Å². The van der Waals surface area contributed by atoms with Gasteiger partial charge in [0.2, 0.25) is 5.91 Å². The number of benzene rings is 1. The van der Waals surface area contributed by atoms with E-state index in [2.05, 4.69) is 11.8 Å². The fraction of sp³-hybridized carbons (Fsp3) is 0.526. The fourth-order valence-electron chi connectivity index (χ4n) is 3.95. The van der Waals surface area contributed by atoms with Crippen molar-refractivity contribution in [3.8, 4) is 0 Å². The lowest BCUT2D eigenvalue weighted by Crippen LogP contribution is -2.49. The lowest BCUT2D eigenvalue weighted by Gasteiger charge is -2.37. The molecule has 2 fully saturated rings. The molecule has 1 amide bonds. The van der Waals surface area contributed by atoms with Crippen molar-refractivity contribution >= 4 is 29.0 Å². The first-order valence-corrected chi connectivity index (χ1v) is 9.33. The number of Topliss-reactive ketones (excluding diaryl/α,β-unsaturated/α-hetero) is 1. The molecule has 0 radical (unpaired) electrons. The number of halogens is 1. The molecule has 1 aliphatic carbocycles. The second kappa shape index (κ2) is 6.60. The van der Waals surface area contributed by atoms with E-state index in [0.29, 0.717) is 24.5 Å². The van der Waals surface area contributed by atoms with Crippen molar-refractivity contribution in [1.82, 2.24) is 4.90 Å². The summed E-state index contributed by atoms with van der Waals surface area (Å²) in [7, 11) is 0. The summed E-state index contributed by atoms with van der Waals surface area (Å²) in [5.74, 6) is -5.37. The summed E-state index contributed by atoms with van der Waals surface area (Å²) in [5, 5.41) is 9.33. The average molecular weight is 375 g/mol. The largest absolute Gasteiger partial charge is 0.480 e. The van der Waals surface area contributed by atoms with Crippen molar-refractivity contribution in [2.45, 2.75) is 25.8 Å². The van der Waals surface area contributed by atoms with Crippen LogP contribution in [-0.4, -0.2) is 66.4 Å². The van der Waals surface area contributed by atoms with Crippen molar-refractivity contribution in [3.05, 3.63) is 23.5 Å². The second-order valence-corrected chi connectivity index (χ2v) is 7.32. The number of carboxylic acids is 1. The number of likely N-dealkylation sites (N-methyl/N-ethyl adjacent to an activating group) is 1. The van der Waals surface area contributed by atoms with Gasteiger partial charge in [0, 0.05) is 37.8 Å². The van der Waals surface area contributed by atoms with Crippen LogP contribution < -0.4 is 9.80 Å². The van der Waals surface area contributed by atoms with E-state index in [1.807, 2.05) is 4.90 Å². The minimum Gasteiger partial charge on any atom is -0.480 e. The van der Waals surface area contributed by atoms with E-state index in [0.717, 1.165) is 38.5 Å². The van der Waals surface area contributed by atoms with Crippen LogP contribution in [0.1, 0.15) is 30.1 Å². The molecule has 2 heterocycles. The standard InChI is InChI=1S/C19H22FN3O4/c1-2-21-5-7-22(8-6-21)15-10-14-12(9-13(15)20)17(24)16(19(26)27)18(25)23(14)11-3-4-11/h9-11,16H,2-8H2,1H3,(H,26,27). The molecule has 4 rings (SSSR count). The van der Waals surface area contributed by atoms with Crippen LogP contribution in [-0.2, 0) is 9.59 Å². The highest BCUT2D eigenvalue weighted by Crippen LogP contribution is 2.42. The lowest BCUT2D eigenvalue weighted by atomic mass is 9.89. The van der Waals surface area contributed by atoms with Crippen molar-refractivity contribution in [2.75, 3.05) is 42.5 Å². The number of hydrogen-bond acceptors (Lipinski definition) is 5. The predicted octanol–water partition coefficient (Wildman–Crippen LogP) is 1.36. The zero-order valence-corrected chi connectivity index (χ0v) is 15.2. The predicted molar refractivity (Wildman–Crippen MR) is 96.7 cm³/mol. The van der Waals surface area contributed by atoms with Crippen LogP contribution in [0.5, 0.6) is 0 Å². The highest BCUT2D eigenvalue weighted by Gasteiger charge is 2.49. The maximum atomic E-state index is 14.8. The van der Waals surface area contributed by atoms with Gasteiger partial charge < -0.3 is 19.8 Å². The van der Waals surface area contributed by atoms with Gasteiger partial charge in [-0.3, -0.25) is 14.4 Å². The number of piperazine rings is 1. The Bertz CT molecular complexity index is 815. The molecule has 1 saturated carbocycles. The van der Waals surface area contributed by atoms with Gasteiger partial charge in [-0.05, 0) is 31.5 Å². The molecule has 3 aliphatic rings. The maximum absolute atomic E-state index is 14.8. The van der Waals surface area contributed by atoms with Gasteiger partial charge in [0.25, 0.3) is 0 Å². The summed E-state index contributed by atoms with van der Waals surface area (Å²) >= 11 is 0. The fourth-order valence-corrected chi connectivity index (χ4v) is 3.95. The number of rotatable bonds is 4. The van der Waals surface area contributed by atoms with Gasteiger partial charge in [-0.2, -0.15) is 0 Å². The van der Waals surface area contributed by atoms with Gasteiger partial charge in [0.15, 0.2) is 11.7 Å². The molecule has 1 unspecified atom stereocenters. The number of carboxylic acid groups (broad SMARTS) is 1. The SMILES string of the molecule is CCN1CCN(c2cc3c(cc2F)C(=O)C(C(=O)O)C(=O)N3C2CC2)CC1. The molecule has 1 atom stereocenters. The molecule has 8 heteroatoms. The summed E-state index contributed by atoms with van der Waals surface area (Å²) in [4.78, 5) is 42.3. The quantitative estimate of drug-likeness (QED) is 0.801. The molecule has 27 heavy (non-hydrogen) atoms. The highest BCUT2D eigenvalue weighted by atomic mass is 19.1. The molecular weight excluding hydrogens is 353 g/mol. The highest BCUT2D eigenvalue weighted by molar-refractivity contribution is 6.30. The minimum atomic E-state index is -1.78. The molecule has 7 nitrogen and oxygen atoms in total. The van der Waals surface area contributed by atoms with E-state index < -0.39 is 29.4 Å². The van der Waals surface area contributed by atoms with Crippen LogP contribution >= 0.6 is 0 Å². The average Bonchev–Trinajstić information content (AvgIpc) is 3.47. The molecular formula is C19H22FN3O4. The zero-order chi connectivity index (χ0) is 19.3. The van der Waals surface area contributed by atoms with Crippen molar-refractivity contribution in [2.24, 2.45) is 5.92 Å². The Labute approximate surface area is 156 Å². The van der Waals surface area contributed by atoms with Gasteiger partial charge in [0.1, 0.15) is 5.82 Å².